The molecule has 2 aliphatic carbocycles. The molecule has 0 radical (unpaired) electrons. The normalized spacial score (nSPS) is 18.6. The average molecular weight is 487 g/mol. The largest absolute Gasteiger partial charge is 0.468 e. The molecular formula is C34H30O3. The van der Waals surface area contributed by atoms with Gasteiger partial charge in [0, 0.05) is 10.8 Å². The summed E-state index contributed by atoms with van der Waals surface area (Å²) in [4.78, 5) is 13.9. The fourth-order valence-corrected chi connectivity index (χ4v) is 7.69. The summed E-state index contributed by atoms with van der Waals surface area (Å²) in [5.74, 6) is -0.187. The Morgan fingerprint density at radius 3 is 1.49 bits per heavy atom. The smallest absolute Gasteiger partial charge is 0.320 e. The fourth-order valence-electron chi connectivity index (χ4n) is 7.69. The molecule has 0 aromatic heterocycles. The van der Waals surface area contributed by atoms with E-state index in [-0.39, 0.29) is 16.8 Å². The molecule has 3 aliphatic rings. The quantitative estimate of drug-likeness (QED) is 0.288. The molecule has 1 saturated heterocycles. The number of hydrogen-bond acceptors (Lipinski definition) is 3. The van der Waals surface area contributed by atoms with Gasteiger partial charge in [-0.25, -0.2) is 0 Å². The molecule has 1 fully saturated rings. The van der Waals surface area contributed by atoms with Crippen LogP contribution < -0.4 is 0 Å². The Labute approximate surface area is 218 Å². The molecule has 0 atom stereocenters. The lowest BCUT2D eigenvalue weighted by Crippen LogP contribution is -2.53. The molecule has 37 heavy (non-hydrogen) atoms. The zero-order valence-electron chi connectivity index (χ0n) is 21.3. The zero-order valence-corrected chi connectivity index (χ0v) is 21.3. The third-order valence-corrected chi connectivity index (χ3v) is 9.12. The zero-order chi connectivity index (χ0) is 25.3. The summed E-state index contributed by atoms with van der Waals surface area (Å²) in [6.07, 6.45) is 1.55. The molecule has 3 heteroatoms. The number of carbonyl (C=O) groups is 1. The molecule has 0 N–H and O–H groups in total. The summed E-state index contributed by atoms with van der Waals surface area (Å²) in [5.41, 5.74) is 8.49. The highest BCUT2D eigenvalue weighted by Crippen LogP contribution is 2.60. The van der Waals surface area contributed by atoms with E-state index in [1.165, 1.54) is 29.4 Å². The van der Waals surface area contributed by atoms with E-state index in [1.807, 2.05) is 12.1 Å². The molecule has 3 nitrogen and oxygen atoms in total. The van der Waals surface area contributed by atoms with Crippen LogP contribution in [0.5, 0.6) is 0 Å². The lowest BCUT2D eigenvalue weighted by atomic mass is 9.59. The summed E-state index contributed by atoms with van der Waals surface area (Å²) >= 11 is 0. The molecule has 184 valence electrons. The fraction of sp³-hybridized carbons (Fsp3) is 0.265. The molecule has 0 bridgehead atoms. The minimum atomic E-state index is -0.861. The Morgan fingerprint density at radius 2 is 1.08 bits per heavy atom. The van der Waals surface area contributed by atoms with Gasteiger partial charge in [-0.2, -0.15) is 0 Å². The van der Waals surface area contributed by atoms with E-state index < -0.39 is 5.41 Å². The van der Waals surface area contributed by atoms with Gasteiger partial charge in [0.05, 0.1) is 20.3 Å². The Bertz CT molecular complexity index is 1450. The topological polar surface area (TPSA) is 35.5 Å². The number of methoxy groups -OCH3 is 1. The first-order valence-corrected chi connectivity index (χ1v) is 13.1. The van der Waals surface area contributed by atoms with Crippen molar-refractivity contribution in [3.63, 3.8) is 0 Å². The van der Waals surface area contributed by atoms with Crippen molar-refractivity contribution in [2.45, 2.75) is 30.6 Å². The molecule has 4 aromatic carbocycles. The van der Waals surface area contributed by atoms with Crippen molar-refractivity contribution in [1.29, 1.82) is 0 Å². The van der Waals surface area contributed by atoms with E-state index in [9.17, 15) is 4.79 Å². The predicted molar refractivity (Wildman–Crippen MR) is 145 cm³/mol. The Morgan fingerprint density at radius 1 is 0.676 bits per heavy atom. The summed E-state index contributed by atoms with van der Waals surface area (Å²) < 4.78 is 11.6. The van der Waals surface area contributed by atoms with Gasteiger partial charge in [-0.3, -0.25) is 4.79 Å². The first-order chi connectivity index (χ1) is 18.0. The van der Waals surface area contributed by atoms with Crippen molar-refractivity contribution in [3.8, 4) is 22.3 Å². The standard InChI is InChI=1S/C34H30O3/c1-32(27-15-7-3-11-23(27)24-12-4-8-16-28(24)32)19-33(21-37-22-33)20-34(31(35)36-2)29-17-9-5-13-25(29)26-14-6-10-18-30(26)34/h3-18H,19-22H2,1-2H3. The maximum Gasteiger partial charge on any atom is 0.320 e. The van der Waals surface area contributed by atoms with Crippen LogP contribution in [-0.2, 0) is 25.1 Å². The van der Waals surface area contributed by atoms with Gasteiger partial charge in [0.2, 0.25) is 0 Å². The number of ether oxygens (including phenoxy) is 2. The van der Waals surface area contributed by atoms with E-state index >= 15 is 0 Å². The van der Waals surface area contributed by atoms with E-state index in [0.717, 1.165) is 28.7 Å². The maximum atomic E-state index is 13.9. The number of benzene rings is 4. The van der Waals surface area contributed by atoms with Crippen molar-refractivity contribution >= 4 is 5.97 Å². The first-order valence-electron chi connectivity index (χ1n) is 13.1. The summed E-state index contributed by atoms with van der Waals surface area (Å²) in [6, 6.07) is 34.3. The molecule has 0 spiro atoms. The Kier molecular flexibility index (Phi) is 4.81. The van der Waals surface area contributed by atoms with Gasteiger partial charge >= 0.3 is 5.97 Å². The van der Waals surface area contributed by atoms with Crippen LogP contribution in [0.3, 0.4) is 0 Å². The summed E-state index contributed by atoms with van der Waals surface area (Å²) in [6.45, 7) is 3.64. The predicted octanol–water partition coefficient (Wildman–Crippen LogP) is 6.91. The van der Waals surface area contributed by atoms with Crippen molar-refractivity contribution in [3.05, 3.63) is 119 Å². The van der Waals surface area contributed by atoms with Crippen LogP contribution in [0.4, 0.5) is 0 Å². The maximum absolute atomic E-state index is 13.9. The highest BCUT2D eigenvalue weighted by atomic mass is 16.5. The minimum absolute atomic E-state index is 0.175. The second-order valence-corrected chi connectivity index (χ2v) is 11.3. The van der Waals surface area contributed by atoms with Crippen LogP contribution in [0.1, 0.15) is 42.0 Å². The van der Waals surface area contributed by atoms with Gasteiger partial charge < -0.3 is 9.47 Å². The van der Waals surface area contributed by atoms with Gasteiger partial charge in [-0.15, -0.1) is 0 Å². The van der Waals surface area contributed by atoms with Crippen LogP contribution in [0.25, 0.3) is 22.3 Å². The molecule has 7 rings (SSSR count). The van der Waals surface area contributed by atoms with E-state index in [2.05, 4.69) is 91.9 Å². The molecule has 4 aromatic rings. The van der Waals surface area contributed by atoms with Crippen LogP contribution in [0.15, 0.2) is 97.1 Å². The molecule has 1 heterocycles. The van der Waals surface area contributed by atoms with Gasteiger partial charge in [0.1, 0.15) is 5.41 Å². The van der Waals surface area contributed by atoms with Crippen LogP contribution >= 0.6 is 0 Å². The van der Waals surface area contributed by atoms with Crippen LogP contribution in [0, 0.1) is 5.41 Å². The summed E-state index contributed by atoms with van der Waals surface area (Å²) in [5, 5.41) is 0. The molecule has 1 aliphatic heterocycles. The van der Waals surface area contributed by atoms with Gasteiger partial charge in [0.15, 0.2) is 0 Å². The summed E-state index contributed by atoms with van der Waals surface area (Å²) in [7, 11) is 1.52. The second kappa shape index (κ2) is 7.90. The van der Waals surface area contributed by atoms with Crippen LogP contribution in [-0.4, -0.2) is 26.3 Å². The molecular weight excluding hydrogens is 456 g/mol. The number of fused-ring (bicyclic) bond motifs is 6. The number of esters is 1. The number of rotatable bonds is 5. The van der Waals surface area contributed by atoms with E-state index in [4.69, 9.17) is 9.47 Å². The molecule has 0 saturated carbocycles. The van der Waals surface area contributed by atoms with Crippen molar-refractivity contribution in [1.82, 2.24) is 0 Å². The number of hydrogen-bond donors (Lipinski definition) is 0. The van der Waals surface area contributed by atoms with E-state index in [1.54, 1.807) is 0 Å². The minimum Gasteiger partial charge on any atom is -0.468 e. The third kappa shape index (κ3) is 2.95. The number of carbonyl (C=O) groups excluding carboxylic acids is 1. The lowest BCUT2D eigenvalue weighted by molar-refractivity contribution is -0.159. The second-order valence-electron chi connectivity index (χ2n) is 11.3. The Balaban J connectivity index is 1.39. The van der Waals surface area contributed by atoms with Gasteiger partial charge in [-0.05, 0) is 57.3 Å². The Hall–Kier alpha value is -3.69. The highest BCUT2D eigenvalue weighted by molar-refractivity contribution is 5.98. The van der Waals surface area contributed by atoms with E-state index in [0.29, 0.717) is 19.6 Å². The highest BCUT2D eigenvalue weighted by Gasteiger charge is 2.58. The van der Waals surface area contributed by atoms with Gasteiger partial charge in [-0.1, -0.05) is 104 Å². The lowest BCUT2D eigenvalue weighted by Gasteiger charge is -2.50. The third-order valence-electron chi connectivity index (χ3n) is 9.12. The molecule has 0 amide bonds. The van der Waals surface area contributed by atoms with Crippen LogP contribution in [0.2, 0.25) is 0 Å². The monoisotopic (exact) mass is 486 g/mol. The first kappa shape index (κ1) is 22.5. The average Bonchev–Trinajstić information content (AvgIpc) is 3.35. The van der Waals surface area contributed by atoms with Gasteiger partial charge in [0.25, 0.3) is 0 Å². The van der Waals surface area contributed by atoms with Crippen molar-refractivity contribution in [2.24, 2.45) is 5.41 Å². The van der Waals surface area contributed by atoms with Crippen molar-refractivity contribution in [2.75, 3.05) is 20.3 Å². The van der Waals surface area contributed by atoms with Crippen molar-refractivity contribution < 1.29 is 14.3 Å². The molecule has 0 unspecified atom stereocenters. The SMILES string of the molecule is COC(=O)C1(CC2(CC3(C)c4ccccc4-c4ccccc43)COC2)c2ccccc2-c2ccccc21.